The van der Waals surface area contributed by atoms with Gasteiger partial charge in [-0.2, -0.15) is 0 Å². The number of ether oxygens (including phenoxy) is 1. The van der Waals surface area contributed by atoms with Crippen LogP contribution in [0.4, 0.5) is 0 Å². The van der Waals surface area contributed by atoms with Crippen molar-refractivity contribution in [2.75, 3.05) is 19.8 Å². The summed E-state index contributed by atoms with van der Waals surface area (Å²) < 4.78 is 4.73. The van der Waals surface area contributed by atoms with Gasteiger partial charge in [-0.25, -0.2) is 9.59 Å². The minimum absolute atomic E-state index is 0.133. The molecule has 0 bridgehead atoms. The molecule has 0 aromatic carbocycles. The summed E-state index contributed by atoms with van der Waals surface area (Å²) in [5, 5.41) is 10.6. The Bertz CT molecular complexity index is 194. The Hall–Kier alpha value is -1.49. The lowest BCUT2D eigenvalue weighted by molar-refractivity contribution is -0.137. The smallest absolute Gasteiger partial charge is 0.359 e. The molecule has 6 nitrogen and oxygen atoms in total. The van der Waals surface area contributed by atoms with E-state index in [1.807, 2.05) is 6.92 Å². The summed E-state index contributed by atoms with van der Waals surface area (Å²) in [6, 6.07) is 0. The topological polar surface area (TPSA) is 85.2 Å². The fraction of sp³-hybridized carbons (Fsp3) is 0.500. The number of carbonyl (C=O) groups excluding carboxylic acids is 2. The zero-order chi connectivity index (χ0) is 11.2. The van der Waals surface area contributed by atoms with E-state index in [0.29, 0.717) is 13.2 Å². The number of rotatable bonds is 5. The van der Waals surface area contributed by atoms with Gasteiger partial charge in [0.2, 0.25) is 0 Å². The van der Waals surface area contributed by atoms with Crippen LogP contribution < -0.4 is 0 Å². The van der Waals surface area contributed by atoms with Crippen molar-refractivity contribution in [3.63, 3.8) is 0 Å². The summed E-state index contributed by atoms with van der Waals surface area (Å²) in [5.74, 6) is -0.770. The maximum atomic E-state index is 9.96. The predicted molar refractivity (Wildman–Crippen MR) is 48.0 cm³/mol. The van der Waals surface area contributed by atoms with Crippen LogP contribution in [0.1, 0.15) is 6.92 Å². The van der Waals surface area contributed by atoms with Gasteiger partial charge < -0.3 is 14.7 Å². The third kappa shape index (κ3) is 16.9. The first-order valence-electron chi connectivity index (χ1n) is 3.82. The van der Waals surface area contributed by atoms with E-state index in [1.165, 1.54) is 0 Å². The van der Waals surface area contributed by atoms with Gasteiger partial charge in [-0.3, -0.25) is 0 Å². The van der Waals surface area contributed by atoms with Gasteiger partial charge in [0.1, 0.15) is 0 Å². The molecule has 0 aromatic rings. The molecule has 0 rings (SSSR count). The van der Waals surface area contributed by atoms with Crippen LogP contribution in [0, 0.1) is 0 Å². The molecule has 0 spiro atoms. The van der Waals surface area contributed by atoms with Gasteiger partial charge in [-0.15, -0.1) is 0 Å². The van der Waals surface area contributed by atoms with Gasteiger partial charge in [0, 0.05) is 17.8 Å². The van der Waals surface area contributed by atoms with E-state index in [4.69, 9.17) is 9.84 Å². The number of hydrogen-bond donors (Lipinski definition) is 1. The molecule has 1 N–H and O–H groups in total. The largest absolute Gasteiger partial charge is 0.394 e. The summed E-state index contributed by atoms with van der Waals surface area (Å²) in [6.07, 6.45) is 1.91. The van der Waals surface area contributed by atoms with E-state index in [-0.39, 0.29) is 6.61 Å². The Morgan fingerprint density at radius 3 is 2.64 bits per heavy atom. The second kappa shape index (κ2) is 14.1. The molecule has 0 aliphatic rings. The quantitative estimate of drug-likeness (QED) is 0.169. The normalized spacial score (nSPS) is 7.57. The first-order chi connectivity index (χ1) is 6.72. The third-order valence-electron chi connectivity index (χ3n) is 0.779. The fourth-order valence-corrected chi connectivity index (χ4v) is 0.310. The van der Waals surface area contributed by atoms with Gasteiger partial charge in [-0.1, -0.05) is 6.58 Å². The summed E-state index contributed by atoms with van der Waals surface area (Å²) in [4.78, 5) is 23.0. The monoisotopic (exact) mass is 203 g/mol. The molecule has 6 heteroatoms. The van der Waals surface area contributed by atoms with Crippen molar-refractivity contribution in [3.8, 4) is 0 Å². The first-order valence-corrected chi connectivity index (χ1v) is 3.82. The molecule has 0 radical (unpaired) electrons. The molecule has 0 aliphatic carbocycles. The zero-order valence-corrected chi connectivity index (χ0v) is 7.93. The lowest BCUT2D eigenvalue weighted by Gasteiger charge is -1.91. The Morgan fingerprint density at radius 1 is 1.71 bits per heavy atom. The SMILES string of the molecule is C=CC(=O)ON=C=O.CCOCCO. The van der Waals surface area contributed by atoms with Crippen LogP contribution in [0.15, 0.2) is 17.8 Å². The molecule has 0 aliphatic heterocycles. The lowest BCUT2D eigenvalue weighted by atomic mass is 10.7. The third-order valence-corrected chi connectivity index (χ3v) is 0.779. The number of hydrogen-bond acceptors (Lipinski definition) is 6. The minimum Gasteiger partial charge on any atom is -0.394 e. The number of aliphatic hydroxyl groups is 1. The maximum absolute atomic E-state index is 9.96. The fourth-order valence-electron chi connectivity index (χ4n) is 0.310. The highest BCUT2D eigenvalue weighted by Crippen LogP contribution is 1.75. The van der Waals surface area contributed by atoms with Gasteiger partial charge in [0.05, 0.1) is 13.2 Å². The second-order valence-electron chi connectivity index (χ2n) is 1.72. The maximum Gasteiger partial charge on any atom is 0.359 e. The van der Waals surface area contributed by atoms with Gasteiger partial charge in [0.25, 0.3) is 6.08 Å². The molecule has 0 heterocycles. The average molecular weight is 203 g/mol. The molecule has 80 valence electrons. The van der Waals surface area contributed by atoms with Crippen LogP contribution in [-0.2, 0) is 19.2 Å². The van der Waals surface area contributed by atoms with Crippen molar-refractivity contribution in [2.24, 2.45) is 5.16 Å². The van der Waals surface area contributed by atoms with Crippen molar-refractivity contribution < 1.29 is 24.3 Å². The van der Waals surface area contributed by atoms with Crippen molar-refractivity contribution in [3.05, 3.63) is 12.7 Å². The van der Waals surface area contributed by atoms with E-state index >= 15 is 0 Å². The van der Waals surface area contributed by atoms with Gasteiger partial charge >= 0.3 is 5.97 Å². The summed E-state index contributed by atoms with van der Waals surface area (Å²) in [7, 11) is 0. The van der Waals surface area contributed by atoms with Crippen LogP contribution in [0.3, 0.4) is 0 Å². The molecule has 0 saturated carbocycles. The molecule has 0 saturated heterocycles. The second-order valence-corrected chi connectivity index (χ2v) is 1.72. The van der Waals surface area contributed by atoms with E-state index in [0.717, 1.165) is 12.2 Å². The van der Waals surface area contributed by atoms with Gasteiger partial charge in [0.15, 0.2) is 0 Å². The number of aliphatic hydroxyl groups excluding tert-OH is 1. The number of nitrogens with zero attached hydrogens (tertiary/aromatic N) is 1. The molecule has 0 amide bonds. The number of carbonyl (C=O) groups is 1. The average Bonchev–Trinajstić information content (AvgIpc) is 2.23. The highest BCUT2D eigenvalue weighted by Gasteiger charge is 1.88. The number of isocyanates is 1. The van der Waals surface area contributed by atoms with Crippen LogP contribution in [0.25, 0.3) is 0 Å². The highest BCUT2D eigenvalue weighted by atomic mass is 16.7. The Labute approximate surface area is 81.8 Å². The van der Waals surface area contributed by atoms with E-state index in [1.54, 1.807) is 0 Å². The van der Waals surface area contributed by atoms with Crippen LogP contribution >= 0.6 is 0 Å². The van der Waals surface area contributed by atoms with Crippen molar-refractivity contribution in [2.45, 2.75) is 6.92 Å². The Balaban J connectivity index is 0. The predicted octanol–water partition coefficient (Wildman–Crippen LogP) is -0.0184. The van der Waals surface area contributed by atoms with Gasteiger partial charge in [-0.05, 0) is 6.92 Å². The van der Waals surface area contributed by atoms with E-state index in [2.05, 4.69) is 16.6 Å². The molecule has 14 heavy (non-hydrogen) atoms. The Kier molecular flexibility index (Phi) is 15.1. The molecular weight excluding hydrogens is 190 g/mol. The van der Waals surface area contributed by atoms with E-state index < -0.39 is 5.97 Å². The highest BCUT2D eigenvalue weighted by molar-refractivity contribution is 5.81. The van der Waals surface area contributed by atoms with Crippen molar-refractivity contribution in [1.29, 1.82) is 0 Å². The molecule has 0 unspecified atom stereocenters. The standard InChI is InChI=1S/C4H3NO3.C4H10O2/c1-2-4(7)8-5-3-6;1-2-6-4-3-5/h2H,1H2;5H,2-4H2,1H3. The van der Waals surface area contributed by atoms with Crippen LogP contribution in [0.2, 0.25) is 0 Å². The molecule has 0 fully saturated rings. The van der Waals surface area contributed by atoms with Crippen LogP contribution in [-0.4, -0.2) is 37.0 Å². The molecule has 0 aromatic heterocycles. The summed E-state index contributed by atoms with van der Waals surface area (Å²) >= 11 is 0. The summed E-state index contributed by atoms with van der Waals surface area (Å²) in [5.41, 5.74) is 0. The molecule has 0 atom stereocenters. The van der Waals surface area contributed by atoms with Crippen molar-refractivity contribution in [1.82, 2.24) is 0 Å². The molecular formula is C8H13NO5. The van der Waals surface area contributed by atoms with Crippen LogP contribution in [0.5, 0.6) is 0 Å². The summed E-state index contributed by atoms with van der Waals surface area (Å²) in [6.45, 7) is 6.24. The zero-order valence-electron chi connectivity index (χ0n) is 7.93. The van der Waals surface area contributed by atoms with Crippen molar-refractivity contribution >= 4 is 12.0 Å². The Morgan fingerprint density at radius 2 is 2.36 bits per heavy atom. The minimum atomic E-state index is -0.770. The van der Waals surface area contributed by atoms with E-state index in [9.17, 15) is 9.59 Å². The lowest BCUT2D eigenvalue weighted by Crippen LogP contribution is -1.96. The first kappa shape index (κ1) is 15.0.